The van der Waals surface area contributed by atoms with E-state index in [2.05, 4.69) is 5.32 Å². The number of carbonyl (C=O) groups excluding carboxylic acids is 2. The van der Waals surface area contributed by atoms with Gasteiger partial charge in [0.1, 0.15) is 6.61 Å². The number of alkyl carbamates (subject to hydrolysis) is 1. The molecule has 0 aliphatic carbocycles. The van der Waals surface area contributed by atoms with Gasteiger partial charge in [0.2, 0.25) is 5.78 Å². The topological polar surface area (TPSA) is 68.5 Å². The van der Waals surface area contributed by atoms with Crippen LogP contribution in [-0.4, -0.2) is 18.4 Å². The molecule has 1 amide bonds. The highest BCUT2D eigenvalue weighted by molar-refractivity contribution is 5.96. The molecular weight excluding hydrogens is 246 g/mol. The number of furan rings is 1. The molecule has 0 aliphatic heterocycles. The van der Waals surface area contributed by atoms with Crippen LogP contribution in [0.1, 0.15) is 16.1 Å². The lowest BCUT2D eigenvalue weighted by molar-refractivity contribution is 0.0948. The van der Waals surface area contributed by atoms with Crippen molar-refractivity contribution in [3.63, 3.8) is 0 Å². The molecule has 2 rings (SSSR count). The second-order valence-electron chi connectivity index (χ2n) is 3.82. The molecular formula is C14H13NO4. The zero-order chi connectivity index (χ0) is 13.5. The summed E-state index contributed by atoms with van der Waals surface area (Å²) in [6, 6.07) is 12.4. The molecule has 1 N–H and O–H groups in total. The summed E-state index contributed by atoms with van der Waals surface area (Å²) in [5.74, 6) is -0.0926. The van der Waals surface area contributed by atoms with E-state index in [1.54, 1.807) is 12.1 Å². The lowest BCUT2D eigenvalue weighted by Gasteiger charge is -2.05. The van der Waals surface area contributed by atoms with E-state index in [0.29, 0.717) is 0 Å². The summed E-state index contributed by atoms with van der Waals surface area (Å²) in [4.78, 5) is 22.9. The summed E-state index contributed by atoms with van der Waals surface area (Å²) >= 11 is 0. The zero-order valence-electron chi connectivity index (χ0n) is 10.2. The molecule has 0 fully saturated rings. The fourth-order valence-electron chi connectivity index (χ4n) is 1.45. The first-order chi connectivity index (χ1) is 9.25. The Balaban J connectivity index is 1.72. The molecule has 1 aromatic heterocycles. The number of Topliss-reactive ketones (excluding diaryl/α,β-unsaturated/α-hetero) is 1. The molecule has 19 heavy (non-hydrogen) atoms. The highest BCUT2D eigenvalue weighted by Gasteiger charge is 2.10. The van der Waals surface area contributed by atoms with Crippen molar-refractivity contribution in [1.29, 1.82) is 0 Å². The van der Waals surface area contributed by atoms with Crippen LogP contribution in [0.15, 0.2) is 53.1 Å². The Labute approximate surface area is 110 Å². The number of ketones is 1. The molecule has 5 heteroatoms. The first-order valence-corrected chi connectivity index (χ1v) is 5.77. The molecule has 0 radical (unpaired) electrons. The van der Waals surface area contributed by atoms with Crippen molar-refractivity contribution in [2.75, 3.05) is 6.54 Å². The minimum atomic E-state index is -0.635. The Morgan fingerprint density at radius 2 is 1.89 bits per heavy atom. The van der Waals surface area contributed by atoms with Crippen LogP contribution in [-0.2, 0) is 11.3 Å². The highest BCUT2D eigenvalue weighted by atomic mass is 16.5. The summed E-state index contributed by atoms with van der Waals surface area (Å²) in [5, 5.41) is 2.37. The maximum atomic E-state index is 11.5. The molecule has 1 heterocycles. The number of amides is 1. The number of ether oxygens (including phenoxy) is 1. The van der Waals surface area contributed by atoms with Crippen molar-refractivity contribution >= 4 is 11.9 Å². The van der Waals surface area contributed by atoms with Gasteiger partial charge in [-0.25, -0.2) is 4.79 Å². The third-order valence-corrected chi connectivity index (χ3v) is 2.40. The minimum Gasteiger partial charge on any atom is -0.461 e. The van der Waals surface area contributed by atoms with Crippen molar-refractivity contribution in [2.24, 2.45) is 0 Å². The minimum absolute atomic E-state index is 0.152. The van der Waals surface area contributed by atoms with Crippen molar-refractivity contribution in [3.05, 3.63) is 60.1 Å². The van der Waals surface area contributed by atoms with Crippen molar-refractivity contribution in [1.82, 2.24) is 5.32 Å². The molecule has 2 aromatic rings. The summed E-state index contributed by atoms with van der Waals surface area (Å²) in [6.07, 6.45) is 0.768. The second kappa shape index (κ2) is 6.39. The normalized spacial score (nSPS) is 9.89. The van der Waals surface area contributed by atoms with Crippen LogP contribution in [0.5, 0.6) is 0 Å². The Hall–Kier alpha value is -2.56. The smallest absolute Gasteiger partial charge is 0.407 e. The van der Waals surface area contributed by atoms with Crippen molar-refractivity contribution in [3.8, 4) is 0 Å². The number of rotatable bonds is 5. The van der Waals surface area contributed by atoms with Gasteiger partial charge in [-0.05, 0) is 17.7 Å². The van der Waals surface area contributed by atoms with Crippen molar-refractivity contribution in [2.45, 2.75) is 6.61 Å². The SMILES string of the molecule is O=C(NCC(=O)c1ccco1)OCc1ccccc1. The number of nitrogens with one attached hydrogen (secondary N) is 1. The number of carbonyl (C=O) groups is 2. The molecule has 0 aliphatic rings. The number of benzene rings is 1. The van der Waals surface area contributed by atoms with E-state index in [1.807, 2.05) is 30.3 Å². The van der Waals surface area contributed by atoms with Crippen molar-refractivity contribution < 1.29 is 18.7 Å². The van der Waals surface area contributed by atoms with Gasteiger partial charge >= 0.3 is 6.09 Å². The van der Waals surface area contributed by atoms with Crippen LogP contribution in [0.25, 0.3) is 0 Å². The molecule has 5 nitrogen and oxygen atoms in total. The van der Waals surface area contributed by atoms with E-state index < -0.39 is 6.09 Å². The van der Waals surface area contributed by atoms with Gasteiger partial charge in [0.05, 0.1) is 12.8 Å². The van der Waals surface area contributed by atoms with Gasteiger partial charge in [-0.15, -0.1) is 0 Å². The van der Waals surface area contributed by atoms with Crippen LogP contribution < -0.4 is 5.32 Å². The molecule has 1 aromatic carbocycles. The average Bonchev–Trinajstić information content (AvgIpc) is 2.98. The fourth-order valence-corrected chi connectivity index (χ4v) is 1.45. The Morgan fingerprint density at radius 3 is 2.58 bits per heavy atom. The van der Waals surface area contributed by atoms with E-state index in [4.69, 9.17) is 9.15 Å². The Kier molecular flexibility index (Phi) is 4.34. The van der Waals surface area contributed by atoms with Gasteiger partial charge in [-0.1, -0.05) is 30.3 Å². The first-order valence-electron chi connectivity index (χ1n) is 5.77. The first kappa shape index (κ1) is 12.9. The lowest BCUT2D eigenvalue weighted by Crippen LogP contribution is -2.29. The molecule has 0 saturated heterocycles. The second-order valence-corrected chi connectivity index (χ2v) is 3.82. The molecule has 0 saturated carbocycles. The third-order valence-electron chi connectivity index (χ3n) is 2.40. The fraction of sp³-hybridized carbons (Fsp3) is 0.143. The van der Waals surface area contributed by atoms with Crippen LogP contribution in [0.4, 0.5) is 4.79 Å². The predicted octanol–water partition coefficient (Wildman–Crippen LogP) is 2.39. The van der Waals surface area contributed by atoms with E-state index in [-0.39, 0.29) is 24.7 Å². The quantitative estimate of drug-likeness (QED) is 0.837. The van der Waals surface area contributed by atoms with Gasteiger partial charge in [0.25, 0.3) is 0 Å². The van der Waals surface area contributed by atoms with Crippen LogP contribution in [0.3, 0.4) is 0 Å². The third kappa shape index (κ3) is 3.99. The molecule has 0 atom stereocenters. The summed E-state index contributed by atoms with van der Waals surface area (Å²) < 4.78 is 9.88. The maximum Gasteiger partial charge on any atom is 0.407 e. The molecule has 0 spiro atoms. The molecule has 98 valence electrons. The van der Waals surface area contributed by atoms with Gasteiger partial charge in [0.15, 0.2) is 5.76 Å². The van der Waals surface area contributed by atoms with E-state index in [0.717, 1.165) is 5.56 Å². The van der Waals surface area contributed by atoms with Gasteiger partial charge < -0.3 is 14.5 Å². The van der Waals surface area contributed by atoms with E-state index in [1.165, 1.54) is 6.26 Å². The standard InChI is InChI=1S/C14H13NO4/c16-12(13-7-4-8-18-13)9-15-14(17)19-10-11-5-2-1-3-6-11/h1-8H,9-10H2,(H,15,17). The summed E-state index contributed by atoms with van der Waals surface area (Å²) in [7, 11) is 0. The van der Waals surface area contributed by atoms with E-state index >= 15 is 0 Å². The van der Waals surface area contributed by atoms with Gasteiger partial charge in [0, 0.05) is 0 Å². The lowest BCUT2D eigenvalue weighted by atomic mass is 10.2. The predicted molar refractivity (Wildman–Crippen MR) is 67.7 cm³/mol. The van der Waals surface area contributed by atoms with E-state index in [9.17, 15) is 9.59 Å². The largest absolute Gasteiger partial charge is 0.461 e. The van der Waals surface area contributed by atoms with Crippen LogP contribution in [0, 0.1) is 0 Å². The molecule has 0 unspecified atom stereocenters. The van der Waals surface area contributed by atoms with Gasteiger partial charge in [-0.2, -0.15) is 0 Å². The highest BCUT2D eigenvalue weighted by Crippen LogP contribution is 2.02. The zero-order valence-corrected chi connectivity index (χ0v) is 10.2. The number of hydrogen-bond acceptors (Lipinski definition) is 4. The Bertz CT molecular complexity index is 534. The van der Waals surface area contributed by atoms with Crippen LogP contribution in [0.2, 0.25) is 0 Å². The average molecular weight is 259 g/mol. The monoisotopic (exact) mass is 259 g/mol. The molecule has 0 bridgehead atoms. The van der Waals surface area contributed by atoms with Gasteiger partial charge in [-0.3, -0.25) is 4.79 Å². The summed E-state index contributed by atoms with van der Waals surface area (Å²) in [6.45, 7) is 0.0166. The Morgan fingerprint density at radius 1 is 1.11 bits per heavy atom. The summed E-state index contributed by atoms with van der Waals surface area (Å²) in [5.41, 5.74) is 0.884. The van der Waals surface area contributed by atoms with Crippen LogP contribution >= 0.6 is 0 Å². The maximum absolute atomic E-state index is 11.5. The number of hydrogen-bond donors (Lipinski definition) is 1.